The summed E-state index contributed by atoms with van der Waals surface area (Å²) < 4.78 is 0. The maximum Gasteiger partial charge on any atom is 0.0219 e. The molecular formula is C18H25ClRu. The summed E-state index contributed by atoms with van der Waals surface area (Å²) in [5, 5.41) is 1.08. The Labute approximate surface area is 141 Å². The molecule has 112 valence electrons. The van der Waals surface area contributed by atoms with E-state index in [0.29, 0.717) is 0 Å². The van der Waals surface area contributed by atoms with Crippen LogP contribution < -0.4 is 0 Å². The van der Waals surface area contributed by atoms with Gasteiger partial charge in [-0.25, -0.2) is 0 Å². The van der Waals surface area contributed by atoms with Crippen molar-refractivity contribution in [2.24, 2.45) is 5.41 Å². The van der Waals surface area contributed by atoms with Crippen molar-refractivity contribution < 1.29 is 19.5 Å². The Morgan fingerprint density at radius 1 is 0.950 bits per heavy atom. The molecule has 0 aromatic rings. The number of hydrogen-bond acceptors (Lipinski definition) is 0. The largest absolute Gasteiger partial charge is 0.0888 e. The zero-order valence-corrected chi connectivity index (χ0v) is 15.7. The second kappa shape index (κ2) is 6.76. The van der Waals surface area contributed by atoms with Crippen molar-refractivity contribution in [1.29, 1.82) is 0 Å². The molecule has 0 nitrogen and oxygen atoms in total. The molecule has 0 radical (unpaired) electrons. The summed E-state index contributed by atoms with van der Waals surface area (Å²) in [6.07, 6.45) is 8.80. The summed E-state index contributed by atoms with van der Waals surface area (Å²) in [7, 11) is 0. The molecule has 0 N–H and O–H groups in total. The number of halogens is 1. The van der Waals surface area contributed by atoms with Crippen LogP contribution in [0.15, 0.2) is 45.0 Å². The van der Waals surface area contributed by atoms with Crippen LogP contribution in [0.3, 0.4) is 0 Å². The van der Waals surface area contributed by atoms with Gasteiger partial charge >= 0.3 is 0 Å². The summed E-state index contributed by atoms with van der Waals surface area (Å²) in [6.45, 7) is 11.4. The van der Waals surface area contributed by atoms with Gasteiger partial charge in [-0.15, -0.1) is 0 Å². The third-order valence-electron chi connectivity index (χ3n) is 4.95. The molecule has 0 aromatic carbocycles. The first-order chi connectivity index (χ1) is 8.87. The van der Waals surface area contributed by atoms with Gasteiger partial charge in [-0.05, 0) is 68.7 Å². The fraction of sp³-hybridized carbons (Fsp3) is 0.556. The molecule has 0 heterocycles. The predicted octanol–water partition coefficient (Wildman–Crippen LogP) is 6.30. The van der Waals surface area contributed by atoms with Gasteiger partial charge in [0.05, 0.1) is 0 Å². The topological polar surface area (TPSA) is 0 Å². The summed E-state index contributed by atoms with van der Waals surface area (Å²) in [6, 6.07) is 0. The van der Waals surface area contributed by atoms with Crippen molar-refractivity contribution in [3.8, 4) is 0 Å². The van der Waals surface area contributed by atoms with Crippen molar-refractivity contribution in [3.05, 3.63) is 45.0 Å². The maximum absolute atomic E-state index is 6.62. The van der Waals surface area contributed by atoms with Gasteiger partial charge in [-0.1, -0.05) is 43.2 Å². The van der Waals surface area contributed by atoms with Gasteiger partial charge in [-0.2, -0.15) is 0 Å². The molecule has 0 amide bonds. The predicted molar refractivity (Wildman–Crippen MR) is 85.3 cm³/mol. The van der Waals surface area contributed by atoms with Crippen LogP contribution in [0.1, 0.15) is 60.3 Å². The number of hydrogen-bond donors (Lipinski definition) is 0. The van der Waals surface area contributed by atoms with Crippen LogP contribution in [0.2, 0.25) is 0 Å². The van der Waals surface area contributed by atoms with Crippen LogP contribution in [-0.4, -0.2) is 0 Å². The maximum atomic E-state index is 6.62. The Bertz CT molecular complexity index is 516. The van der Waals surface area contributed by atoms with Crippen molar-refractivity contribution in [2.45, 2.75) is 60.3 Å². The van der Waals surface area contributed by atoms with Gasteiger partial charge in [-0.3, -0.25) is 0 Å². The van der Waals surface area contributed by atoms with Crippen LogP contribution in [0, 0.1) is 5.41 Å². The van der Waals surface area contributed by atoms with E-state index < -0.39 is 0 Å². The van der Waals surface area contributed by atoms with E-state index in [9.17, 15) is 0 Å². The minimum Gasteiger partial charge on any atom is -0.0888 e. The smallest absolute Gasteiger partial charge is 0.0219 e. The average molecular weight is 378 g/mol. The Kier molecular flexibility index (Phi) is 6.05. The summed E-state index contributed by atoms with van der Waals surface area (Å²) in [5.41, 5.74) is 7.42. The van der Waals surface area contributed by atoms with Gasteiger partial charge < -0.3 is 0 Å². The van der Waals surface area contributed by atoms with Crippen LogP contribution >= 0.6 is 11.6 Å². The van der Waals surface area contributed by atoms with Gasteiger partial charge in [0, 0.05) is 29.9 Å². The second-order valence-corrected chi connectivity index (χ2v) is 6.76. The fourth-order valence-corrected chi connectivity index (χ4v) is 3.72. The van der Waals surface area contributed by atoms with Crippen molar-refractivity contribution in [3.63, 3.8) is 0 Å². The molecular weight excluding hydrogens is 353 g/mol. The van der Waals surface area contributed by atoms with Gasteiger partial charge in [0.25, 0.3) is 0 Å². The second-order valence-electron chi connectivity index (χ2n) is 6.31. The first kappa shape index (κ1) is 17.9. The quantitative estimate of drug-likeness (QED) is 0.371. The minimum atomic E-state index is 0. The van der Waals surface area contributed by atoms with Gasteiger partial charge in [0.15, 0.2) is 0 Å². The number of rotatable bonds is 1. The van der Waals surface area contributed by atoms with E-state index in [1.165, 1.54) is 27.9 Å². The van der Waals surface area contributed by atoms with E-state index in [2.05, 4.69) is 46.8 Å². The van der Waals surface area contributed by atoms with E-state index in [1.807, 2.05) is 0 Å². The number of allylic oxidation sites excluding steroid dienone is 8. The van der Waals surface area contributed by atoms with E-state index in [1.54, 1.807) is 0 Å². The summed E-state index contributed by atoms with van der Waals surface area (Å²) >= 11 is 6.62. The molecule has 0 atom stereocenters. The Morgan fingerprint density at radius 2 is 1.50 bits per heavy atom. The summed E-state index contributed by atoms with van der Waals surface area (Å²) in [4.78, 5) is 0. The molecule has 0 aromatic heterocycles. The van der Waals surface area contributed by atoms with E-state index in [0.717, 1.165) is 30.7 Å². The van der Waals surface area contributed by atoms with Crippen LogP contribution in [-0.2, 0) is 19.5 Å². The molecule has 0 saturated carbocycles. The molecule has 0 fully saturated rings. The summed E-state index contributed by atoms with van der Waals surface area (Å²) in [5.74, 6) is 0. The third-order valence-corrected chi connectivity index (χ3v) is 5.37. The standard InChI is InChI=1S/C18H25Cl.Ru/c1-12-13(2)17(18(4,5)14(12)3)15-10-8-6-7-9-11-16(15)19;/h6-7H,8-11H2,1-5H3;. The van der Waals surface area contributed by atoms with Crippen LogP contribution in [0.4, 0.5) is 0 Å². The Hall–Kier alpha value is -0.127. The van der Waals surface area contributed by atoms with E-state index >= 15 is 0 Å². The molecule has 2 aliphatic carbocycles. The molecule has 0 spiro atoms. The van der Waals surface area contributed by atoms with Crippen molar-refractivity contribution >= 4 is 11.6 Å². The zero-order chi connectivity index (χ0) is 14.2. The Balaban J connectivity index is 0.00000200. The third kappa shape index (κ3) is 3.05. The molecule has 0 saturated heterocycles. The molecule has 0 unspecified atom stereocenters. The fourth-order valence-electron chi connectivity index (χ4n) is 3.42. The average Bonchev–Trinajstić information content (AvgIpc) is 2.48. The van der Waals surface area contributed by atoms with Gasteiger partial charge in [0.2, 0.25) is 0 Å². The SMILES string of the molecule is CC1=C(C)C(C)(C)C(C2=C(Cl)CCC=CCC2)=C1C.[Ru]. The van der Waals surface area contributed by atoms with Gasteiger partial charge in [0.1, 0.15) is 0 Å². The monoisotopic (exact) mass is 378 g/mol. The normalized spacial score (nSPS) is 22.9. The minimum absolute atomic E-state index is 0. The van der Waals surface area contributed by atoms with E-state index in [4.69, 9.17) is 11.6 Å². The molecule has 2 aliphatic rings. The molecule has 2 rings (SSSR count). The molecule has 0 bridgehead atoms. The molecule has 20 heavy (non-hydrogen) atoms. The Morgan fingerprint density at radius 3 is 2.00 bits per heavy atom. The van der Waals surface area contributed by atoms with E-state index in [-0.39, 0.29) is 24.9 Å². The first-order valence-corrected chi connectivity index (χ1v) is 7.67. The van der Waals surface area contributed by atoms with Crippen LogP contribution in [0.25, 0.3) is 0 Å². The van der Waals surface area contributed by atoms with Crippen LogP contribution in [0.5, 0.6) is 0 Å². The zero-order valence-electron chi connectivity index (χ0n) is 13.2. The molecule has 2 heteroatoms. The molecule has 0 aliphatic heterocycles. The first-order valence-electron chi connectivity index (χ1n) is 7.30. The van der Waals surface area contributed by atoms with Crippen molar-refractivity contribution in [2.75, 3.05) is 0 Å². The van der Waals surface area contributed by atoms with Crippen molar-refractivity contribution in [1.82, 2.24) is 0 Å².